The molecule has 8 nitrogen and oxygen atoms in total. The third kappa shape index (κ3) is 5.04. The van der Waals surface area contributed by atoms with Crippen LogP contribution in [0, 0.1) is 5.92 Å². The monoisotopic (exact) mass is 419 g/mol. The quantitative estimate of drug-likeness (QED) is 0.728. The summed E-state index contributed by atoms with van der Waals surface area (Å²) < 4.78 is 38.8. The zero-order valence-electron chi connectivity index (χ0n) is 15.2. The Morgan fingerprint density at radius 2 is 2.04 bits per heavy atom. The molecule has 152 valence electrons. The number of fused-ring (bicyclic) bond motifs is 1. The molecule has 2 aliphatic rings. The summed E-state index contributed by atoms with van der Waals surface area (Å²) in [5.41, 5.74) is 5.65. The molecule has 0 spiro atoms. The minimum atomic E-state index is -3.86. The standard InChI is InChI=1S/C17H25N3O5S.ClH/c1-12(17(21)20-6-5-13(10-18)11-20)19-26(22,23)14-3-4-15-16(9-14)25-8-2-7-24-15;/h3-4,9,12-13,19H,2,5-8,10-11,18H2,1H3;1H. The maximum Gasteiger partial charge on any atom is 0.241 e. The van der Waals surface area contributed by atoms with Crippen molar-refractivity contribution < 1.29 is 22.7 Å². The molecule has 2 heterocycles. The highest BCUT2D eigenvalue weighted by atomic mass is 35.5. The lowest BCUT2D eigenvalue weighted by molar-refractivity contribution is -0.131. The van der Waals surface area contributed by atoms with Crippen molar-refractivity contribution in [3.63, 3.8) is 0 Å². The van der Waals surface area contributed by atoms with Gasteiger partial charge in [0.1, 0.15) is 0 Å². The Labute approximate surface area is 165 Å². The first-order valence-corrected chi connectivity index (χ1v) is 10.3. The number of rotatable bonds is 5. The average molecular weight is 420 g/mol. The molecular weight excluding hydrogens is 394 g/mol. The van der Waals surface area contributed by atoms with Crippen LogP contribution < -0.4 is 19.9 Å². The second-order valence-electron chi connectivity index (χ2n) is 6.68. The number of nitrogens with zero attached hydrogens (tertiary/aromatic N) is 1. The summed E-state index contributed by atoms with van der Waals surface area (Å²) in [6, 6.07) is 3.61. The van der Waals surface area contributed by atoms with Crippen molar-refractivity contribution in [1.29, 1.82) is 0 Å². The predicted octanol–water partition coefficient (Wildman–Crippen LogP) is 0.744. The summed E-state index contributed by atoms with van der Waals surface area (Å²) in [6.45, 7) is 4.26. The lowest BCUT2D eigenvalue weighted by Gasteiger charge is -2.22. The minimum absolute atomic E-state index is 0. The van der Waals surface area contributed by atoms with E-state index in [1.807, 2.05) is 0 Å². The number of likely N-dealkylation sites (tertiary alicyclic amines) is 1. The fraction of sp³-hybridized carbons (Fsp3) is 0.588. The first-order valence-electron chi connectivity index (χ1n) is 8.81. The van der Waals surface area contributed by atoms with Gasteiger partial charge in [-0.3, -0.25) is 4.79 Å². The fourth-order valence-electron chi connectivity index (χ4n) is 3.16. The van der Waals surface area contributed by atoms with Crippen LogP contribution in [0.3, 0.4) is 0 Å². The van der Waals surface area contributed by atoms with Crippen molar-refractivity contribution in [2.24, 2.45) is 11.7 Å². The highest BCUT2D eigenvalue weighted by molar-refractivity contribution is 7.89. The van der Waals surface area contributed by atoms with Crippen molar-refractivity contribution in [2.45, 2.75) is 30.7 Å². The maximum absolute atomic E-state index is 12.7. The molecule has 2 aliphatic heterocycles. The van der Waals surface area contributed by atoms with Crippen LogP contribution in [-0.2, 0) is 14.8 Å². The molecule has 0 radical (unpaired) electrons. The van der Waals surface area contributed by atoms with Gasteiger partial charge in [-0.05, 0) is 37.9 Å². The van der Waals surface area contributed by atoms with Gasteiger partial charge < -0.3 is 20.1 Å². The highest BCUT2D eigenvalue weighted by Crippen LogP contribution is 2.32. The molecule has 0 aliphatic carbocycles. The van der Waals surface area contributed by atoms with Crippen LogP contribution in [0.5, 0.6) is 11.5 Å². The molecule has 1 aromatic rings. The predicted molar refractivity (Wildman–Crippen MR) is 103 cm³/mol. The van der Waals surface area contributed by atoms with Crippen LogP contribution in [0.1, 0.15) is 19.8 Å². The molecule has 1 amide bonds. The van der Waals surface area contributed by atoms with Crippen molar-refractivity contribution in [1.82, 2.24) is 9.62 Å². The third-order valence-electron chi connectivity index (χ3n) is 4.66. The zero-order chi connectivity index (χ0) is 18.7. The van der Waals surface area contributed by atoms with Gasteiger partial charge >= 0.3 is 0 Å². The van der Waals surface area contributed by atoms with E-state index < -0.39 is 16.1 Å². The van der Waals surface area contributed by atoms with Gasteiger partial charge in [0, 0.05) is 25.6 Å². The van der Waals surface area contributed by atoms with Gasteiger partial charge in [0.05, 0.1) is 24.2 Å². The van der Waals surface area contributed by atoms with Crippen molar-refractivity contribution >= 4 is 28.3 Å². The van der Waals surface area contributed by atoms with E-state index in [4.69, 9.17) is 15.2 Å². The van der Waals surface area contributed by atoms with Crippen LogP contribution in [-0.4, -0.2) is 58.1 Å². The number of halogens is 1. The lowest BCUT2D eigenvalue weighted by atomic mass is 10.1. The summed E-state index contributed by atoms with van der Waals surface area (Å²) in [4.78, 5) is 14.2. The van der Waals surface area contributed by atoms with Crippen LogP contribution in [0.2, 0.25) is 0 Å². The Kier molecular flexibility index (Phi) is 7.32. The van der Waals surface area contributed by atoms with Crippen LogP contribution in [0.15, 0.2) is 23.1 Å². The Morgan fingerprint density at radius 1 is 1.33 bits per heavy atom. The molecule has 2 atom stereocenters. The van der Waals surface area contributed by atoms with E-state index in [0.29, 0.717) is 44.3 Å². The number of carbonyl (C=O) groups excluding carboxylic acids is 1. The van der Waals surface area contributed by atoms with Crippen molar-refractivity contribution in [2.75, 3.05) is 32.8 Å². The summed E-state index contributed by atoms with van der Waals surface area (Å²) in [7, 11) is -3.86. The molecule has 0 saturated carbocycles. The van der Waals surface area contributed by atoms with Gasteiger partial charge in [0.15, 0.2) is 11.5 Å². The Morgan fingerprint density at radius 3 is 2.70 bits per heavy atom. The lowest BCUT2D eigenvalue weighted by Crippen LogP contribution is -2.46. The van der Waals surface area contributed by atoms with E-state index >= 15 is 0 Å². The molecule has 2 unspecified atom stereocenters. The fourth-order valence-corrected chi connectivity index (χ4v) is 4.37. The molecular formula is C17H26ClN3O5S. The van der Waals surface area contributed by atoms with Gasteiger partial charge in [-0.2, -0.15) is 4.72 Å². The number of benzene rings is 1. The van der Waals surface area contributed by atoms with Crippen molar-refractivity contribution in [3.05, 3.63) is 18.2 Å². The van der Waals surface area contributed by atoms with E-state index in [1.165, 1.54) is 12.1 Å². The van der Waals surface area contributed by atoms with E-state index in [1.54, 1.807) is 17.9 Å². The molecule has 3 rings (SSSR count). The average Bonchev–Trinajstić information content (AvgIpc) is 2.98. The second kappa shape index (κ2) is 9.09. The van der Waals surface area contributed by atoms with E-state index in [9.17, 15) is 13.2 Å². The molecule has 1 aromatic carbocycles. The van der Waals surface area contributed by atoms with Gasteiger partial charge in [-0.1, -0.05) is 0 Å². The van der Waals surface area contributed by atoms with Gasteiger partial charge in [0.2, 0.25) is 15.9 Å². The van der Waals surface area contributed by atoms with E-state index in [2.05, 4.69) is 4.72 Å². The first-order chi connectivity index (χ1) is 12.4. The number of hydrogen-bond donors (Lipinski definition) is 2. The first kappa shape index (κ1) is 21.7. The zero-order valence-corrected chi connectivity index (χ0v) is 16.9. The smallest absolute Gasteiger partial charge is 0.241 e. The summed E-state index contributed by atoms with van der Waals surface area (Å²) in [5.74, 6) is 0.966. The number of nitrogens with one attached hydrogen (secondary N) is 1. The second-order valence-corrected chi connectivity index (χ2v) is 8.39. The number of sulfonamides is 1. The van der Waals surface area contributed by atoms with Gasteiger partial charge in [0.25, 0.3) is 0 Å². The SMILES string of the molecule is CC(NS(=O)(=O)c1ccc2c(c1)OCCCO2)C(=O)N1CCC(CN)C1.Cl. The Hall–Kier alpha value is -1.55. The normalized spacial score (nSPS) is 20.5. The number of ether oxygens (including phenoxy) is 2. The number of carbonyl (C=O) groups is 1. The van der Waals surface area contributed by atoms with Gasteiger partial charge in [-0.15, -0.1) is 12.4 Å². The number of amides is 1. The number of hydrogen-bond acceptors (Lipinski definition) is 6. The van der Waals surface area contributed by atoms with E-state index in [0.717, 1.165) is 12.8 Å². The van der Waals surface area contributed by atoms with Gasteiger partial charge in [-0.25, -0.2) is 8.42 Å². The Balaban J connectivity index is 0.00000261. The summed E-state index contributed by atoms with van der Waals surface area (Å²) in [6.07, 6.45) is 1.59. The number of nitrogens with two attached hydrogens (primary N) is 1. The van der Waals surface area contributed by atoms with Crippen molar-refractivity contribution in [3.8, 4) is 11.5 Å². The maximum atomic E-state index is 12.7. The molecule has 0 aromatic heterocycles. The molecule has 27 heavy (non-hydrogen) atoms. The van der Waals surface area contributed by atoms with Crippen LogP contribution >= 0.6 is 12.4 Å². The molecule has 3 N–H and O–H groups in total. The largest absolute Gasteiger partial charge is 0.490 e. The molecule has 0 bridgehead atoms. The highest BCUT2D eigenvalue weighted by Gasteiger charge is 2.31. The molecule has 10 heteroatoms. The van der Waals surface area contributed by atoms with E-state index in [-0.39, 0.29) is 29.1 Å². The van der Waals surface area contributed by atoms with Crippen LogP contribution in [0.25, 0.3) is 0 Å². The van der Waals surface area contributed by atoms with Crippen LogP contribution in [0.4, 0.5) is 0 Å². The summed E-state index contributed by atoms with van der Waals surface area (Å²) in [5, 5.41) is 0. The molecule has 1 fully saturated rings. The third-order valence-corrected chi connectivity index (χ3v) is 6.20. The molecule has 1 saturated heterocycles. The Bertz CT molecular complexity index is 774. The minimum Gasteiger partial charge on any atom is -0.490 e. The summed E-state index contributed by atoms with van der Waals surface area (Å²) >= 11 is 0. The topological polar surface area (TPSA) is 111 Å².